The third-order valence-corrected chi connectivity index (χ3v) is 2.60. The van der Waals surface area contributed by atoms with E-state index in [0.717, 1.165) is 0 Å². The highest BCUT2D eigenvalue weighted by Gasteiger charge is 2.22. The minimum Gasteiger partial charge on any atom is -0.394 e. The summed E-state index contributed by atoms with van der Waals surface area (Å²) in [5, 5.41) is 22.9. The third kappa shape index (κ3) is 7.58. The van der Waals surface area contributed by atoms with Crippen molar-refractivity contribution in [2.75, 3.05) is 13.2 Å². The smallest absolute Gasteiger partial charge is 0.224 e. The van der Waals surface area contributed by atoms with Crippen molar-refractivity contribution in [3.05, 3.63) is 12.7 Å². The van der Waals surface area contributed by atoms with Crippen LogP contribution in [0.25, 0.3) is 0 Å². The summed E-state index contributed by atoms with van der Waals surface area (Å²) in [5.74, 6) is -1.09. The summed E-state index contributed by atoms with van der Waals surface area (Å²) < 4.78 is 0. The number of aliphatic hydroxyl groups excluding tert-OH is 2. The van der Waals surface area contributed by atoms with E-state index in [-0.39, 0.29) is 43.5 Å². The second-order valence-corrected chi connectivity index (χ2v) is 4.67. The van der Waals surface area contributed by atoms with E-state index in [9.17, 15) is 9.59 Å². The van der Waals surface area contributed by atoms with Gasteiger partial charge in [0.15, 0.2) is 0 Å². The van der Waals surface area contributed by atoms with Crippen LogP contribution in [0.4, 0.5) is 0 Å². The largest absolute Gasteiger partial charge is 0.394 e. The Hall–Kier alpha value is -1.40. The number of hydrogen-bond donors (Lipinski definition) is 4. The summed E-state index contributed by atoms with van der Waals surface area (Å²) >= 11 is 0. The lowest BCUT2D eigenvalue weighted by molar-refractivity contribution is -0.131. The van der Waals surface area contributed by atoms with Gasteiger partial charge in [0.05, 0.1) is 19.1 Å². The second-order valence-electron chi connectivity index (χ2n) is 4.67. The number of carbonyl (C=O) groups is 2. The lowest BCUT2D eigenvalue weighted by Gasteiger charge is -2.19. The zero-order valence-corrected chi connectivity index (χ0v) is 11.6. The maximum absolute atomic E-state index is 11.9. The minimum atomic E-state index is -0.516. The fraction of sp³-hybridized carbons (Fsp3) is 0.692. The molecule has 0 aliphatic carbocycles. The highest BCUT2D eigenvalue weighted by molar-refractivity contribution is 5.86. The maximum Gasteiger partial charge on any atom is 0.224 e. The normalized spacial score (nSPS) is 15.2. The van der Waals surface area contributed by atoms with E-state index in [1.165, 1.54) is 0 Å². The number of hydrogen-bond acceptors (Lipinski definition) is 4. The Kier molecular flexibility index (Phi) is 8.82. The Balaban J connectivity index is 4.42. The zero-order chi connectivity index (χ0) is 14.8. The Morgan fingerprint density at radius 3 is 2.16 bits per heavy atom. The predicted octanol–water partition coefficient (Wildman–Crippen LogP) is -0.437. The zero-order valence-electron chi connectivity index (χ0n) is 11.6. The molecule has 0 aliphatic rings. The fourth-order valence-electron chi connectivity index (χ4n) is 1.49. The van der Waals surface area contributed by atoms with Crippen molar-refractivity contribution in [3.8, 4) is 0 Å². The van der Waals surface area contributed by atoms with Gasteiger partial charge in [0.25, 0.3) is 0 Å². The summed E-state index contributed by atoms with van der Waals surface area (Å²) in [6, 6.07) is -0.685. The van der Waals surface area contributed by atoms with Crippen molar-refractivity contribution in [1.82, 2.24) is 10.6 Å². The van der Waals surface area contributed by atoms with Crippen LogP contribution in [0.15, 0.2) is 12.7 Å². The molecule has 4 N–H and O–H groups in total. The molecule has 0 spiro atoms. The quantitative estimate of drug-likeness (QED) is 0.428. The summed E-state index contributed by atoms with van der Waals surface area (Å²) in [5.41, 5.74) is 0. The van der Waals surface area contributed by atoms with Crippen LogP contribution in [0.1, 0.15) is 26.7 Å². The molecule has 0 aromatic carbocycles. The molecule has 0 bridgehead atoms. The predicted molar refractivity (Wildman–Crippen MR) is 72.3 cm³/mol. The molecule has 2 amide bonds. The average molecular weight is 272 g/mol. The molecule has 0 saturated heterocycles. The molecular formula is C13H24N2O4. The van der Waals surface area contributed by atoms with Crippen molar-refractivity contribution in [2.24, 2.45) is 5.92 Å². The van der Waals surface area contributed by atoms with E-state index in [4.69, 9.17) is 10.2 Å². The topological polar surface area (TPSA) is 98.7 Å². The number of carbonyl (C=O) groups excluding carboxylic acids is 2. The van der Waals surface area contributed by atoms with E-state index in [2.05, 4.69) is 17.2 Å². The maximum atomic E-state index is 11.9. The Labute approximate surface area is 113 Å². The first-order valence-electron chi connectivity index (χ1n) is 6.36. The lowest BCUT2D eigenvalue weighted by atomic mass is 9.99. The first kappa shape index (κ1) is 17.6. The van der Waals surface area contributed by atoms with E-state index in [0.29, 0.717) is 6.42 Å². The van der Waals surface area contributed by atoms with Gasteiger partial charge in [-0.3, -0.25) is 9.59 Å². The van der Waals surface area contributed by atoms with Gasteiger partial charge in [-0.25, -0.2) is 0 Å². The van der Waals surface area contributed by atoms with Crippen LogP contribution in [0.5, 0.6) is 0 Å². The molecule has 0 fully saturated rings. The van der Waals surface area contributed by atoms with E-state index in [1.807, 2.05) is 0 Å². The number of allylic oxidation sites excluding steroid dienone is 1. The number of rotatable bonds is 9. The summed E-state index contributed by atoms with van der Waals surface area (Å²) in [4.78, 5) is 23.6. The van der Waals surface area contributed by atoms with Gasteiger partial charge in [0.2, 0.25) is 11.8 Å². The number of nitrogens with one attached hydrogen (secondary N) is 2. The van der Waals surface area contributed by atoms with Crippen molar-refractivity contribution in [1.29, 1.82) is 0 Å². The standard InChI is InChI=1S/C13H24N2O4/c1-4-5-11(13(19)15-10(3)8-17)6-12(18)14-9(2)7-16/h4,9-11,16-17H,1,5-8H2,2-3H3,(H,14,18)(H,15,19)/t9-,10+,11-/m1/s1. The molecule has 0 radical (unpaired) electrons. The highest BCUT2D eigenvalue weighted by atomic mass is 16.3. The molecule has 0 unspecified atom stereocenters. The first-order valence-corrected chi connectivity index (χ1v) is 6.36. The summed E-state index contributed by atoms with van der Waals surface area (Å²) in [6.07, 6.45) is 1.99. The Morgan fingerprint density at radius 2 is 1.68 bits per heavy atom. The lowest BCUT2D eigenvalue weighted by Crippen LogP contribution is -2.42. The molecule has 0 aliphatic heterocycles. The van der Waals surface area contributed by atoms with Crippen LogP contribution in [-0.4, -0.2) is 47.3 Å². The first-order chi connectivity index (χ1) is 8.94. The van der Waals surface area contributed by atoms with Gasteiger partial charge in [-0.2, -0.15) is 0 Å². The van der Waals surface area contributed by atoms with Gasteiger partial charge in [-0.15, -0.1) is 6.58 Å². The van der Waals surface area contributed by atoms with Gasteiger partial charge in [-0.1, -0.05) is 6.08 Å². The van der Waals surface area contributed by atoms with Crippen molar-refractivity contribution >= 4 is 11.8 Å². The summed E-state index contributed by atoms with van der Waals surface area (Å²) in [7, 11) is 0. The molecule has 0 saturated carbocycles. The number of amides is 2. The van der Waals surface area contributed by atoms with Crippen LogP contribution in [0.3, 0.4) is 0 Å². The minimum absolute atomic E-state index is 0.0281. The van der Waals surface area contributed by atoms with Crippen LogP contribution in [-0.2, 0) is 9.59 Å². The Bertz CT molecular complexity index is 307. The monoisotopic (exact) mass is 272 g/mol. The molecule has 0 rings (SSSR count). The summed E-state index contributed by atoms with van der Waals surface area (Å²) in [6.45, 7) is 6.62. The third-order valence-electron chi connectivity index (χ3n) is 2.60. The molecule has 0 heterocycles. The van der Waals surface area contributed by atoms with E-state index in [1.54, 1.807) is 19.9 Å². The van der Waals surface area contributed by atoms with Crippen LogP contribution >= 0.6 is 0 Å². The molecule has 6 nitrogen and oxygen atoms in total. The van der Waals surface area contributed by atoms with Gasteiger partial charge in [-0.05, 0) is 20.3 Å². The SMILES string of the molecule is C=CC[C@H](CC(=O)N[C@H](C)CO)C(=O)N[C@@H](C)CO. The van der Waals surface area contributed by atoms with Crippen LogP contribution < -0.4 is 10.6 Å². The highest BCUT2D eigenvalue weighted by Crippen LogP contribution is 2.10. The van der Waals surface area contributed by atoms with Gasteiger partial charge < -0.3 is 20.8 Å². The molecule has 19 heavy (non-hydrogen) atoms. The molecule has 0 aromatic heterocycles. The molecule has 3 atom stereocenters. The van der Waals surface area contributed by atoms with E-state index < -0.39 is 5.92 Å². The molecule has 6 heteroatoms. The molecular weight excluding hydrogens is 248 g/mol. The van der Waals surface area contributed by atoms with Crippen LogP contribution in [0.2, 0.25) is 0 Å². The average Bonchev–Trinajstić information content (AvgIpc) is 2.37. The van der Waals surface area contributed by atoms with Crippen molar-refractivity contribution in [2.45, 2.75) is 38.8 Å². The molecule has 110 valence electrons. The van der Waals surface area contributed by atoms with Crippen molar-refractivity contribution in [3.63, 3.8) is 0 Å². The second kappa shape index (κ2) is 9.52. The molecule has 0 aromatic rings. The fourth-order valence-corrected chi connectivity index (χ4v) is 1.49. The Morgan fingerprint density at radius 1 is 1.16 bits per heavy atom. The van der Waals surface area contributed by atoms with Gasteiger partial charge in [0, 0.05) is 18.5 Å². The van der Waals surface area contributed by atoms with Gasteiger partial charge in [0.1, 0.15) is 0 Å². The van der Waals surface area contributed by atoms with E-state index >= 15 is 0 Å². The van der Waals surface area contributed by atoms with Crippen molar-refractivity contribution < 1.29 is 19.8 Å². The van der Waals surface area contributed by atoms with Gasteiger partial charge >= 0.3 is 0 Å². The number of aliphatic hydroxyl groups is 2. The van der Waals surface area contributed by atoms with Crippen LogP contribution in [0, 0.1) is 5.92 Å².